The van der Waals surface area contributed by atoms with Gasteiger partial charge in [-0.05, 0) is 12.8 Å². The van der Waals surface area contributed by atoms with E-state index in [1.54, 1.807) is 13.8 Å². The van der Waals surface area contributed by atoms with Crippen molar-refractivity contribution in [1.29, 1.82) is 0 Å². The van der Waals surface area contributed by atoms with Gasteiger partial charge in [0.2, 0.25) is 10.0 Å². The van der Waals surface area contributed by atoms with E-state index in [1.807, 2.05) is 0 Å². The fourth-order valence-electron chi connectivity index (χ4n) is 1.39. The summed E-state index contributed by atoms with van der Waals surface area (Å²) in [5.74, 6) is 0. The highest BCUT2D eigenvalue weighted by Crippen LogP contribution is 2.22. The molecule has 15 heavy (non-hydrogen) atoms. The van der Waals surface area contributed by atoms with Crippen molar-refractivity contribution < 1.29 is 21.6 Å². The summed E-state index contributed by atoms with van der Waals surface area (Å²) < 4.78 is 59.4. The Balaban J connectivity index is 4.91. The second-order valence-corrected chi connectivity index (χ2v) is 5.33. The molecule has 92 valence electrons. The number of hydrogen-bond acceptors (Lipinski definition) is 2. The molecule has 0 amide bonds. The Morgan fingerprint density at radius 2 is 1.60 bits per heavy atom. The highest BCUT2D eigenvalue weighted by Gasteiger charge is 2.37. The highest BCUT2D eigenvalue weighted by molar-refractivity contribution is 7.88. The third-order valence-corrected chi connectivity index (χ3v) is 3.39. The van der Waals surface area contributed by atoms with Crippen molar-refractivity contribution in [3.05, 3.63) is 0 Å². The van der Waals surface area contributed by atoms with Gasteiger partial charge in [-0.25, -0.2) is 8.42 Å². The Morgan fingerprint density at radius 3 is 1.80 bits per heavy atom. The summed E-state index contributed by atoms with van der Waals surface area (Å²) in [6, 6.07) is -0.582. The number of alkyl halides is 3. The van der Waals surface area contributed by atoms with Gasteiger partial charge in [-0.1, -0.05) is 13.8 Å². The zero-order chi connectivity index (χ0) is 12.3. The number of hydrogen-bond donors (Lipinski definition) is 0. The summed E-state index contributed by atoms with van der Waals surface area (Å²) in [5, 5.41) is 0. The van der Waals surface area contributed by atoms with E-state index in [0.29, 0.717) is 17.1 Å². The van der Waals surface area contributed by atoms with Gasteiger partial charge in [-0.15, -0.1) is 0 Å². The van der Waals surface area contributed by atoms with Gasteiger partial charge in [-0.3, -0.25) is 0 Å². The van der Waals surface area contributed by atoms with E-state index in [4.69, 9.17) is 0 Å². The minimum atomic E-state index is -4.49. The van der Waals surface area contributed by atoms with Crippen LogP contribution in [0.5, 0.6) is 0 Å². The summed E-state index contributed by atoms with van der Waals surface area (Å²) in [5.41, 5.74) is 0. The molecule has 0 saturated carbocycles. The fourth-order valence-corrected chi connectivity index (χ4v) is 2.61. The lowest BCUT2D eigenvalue weighted by molar-refractivity contribution is -0.139. The van der Waals surface area contributed by atoms with Crippen LogP contribution in [0.15, 0.2) is 0 Å². The topological polar surface area (TPSA) is 37.4 Å². The van der Waals surface area contributed by atoms with Crippen molar-refractivity contribution in [2.24, 2.45) is 0 Å². The van der Waals surface area contributed by atoms with E-state index in [1.165, 1.54) is 0 Å². The lowest BCUT2D eigenvalue weighted by Gasteiger charge is -2.28. The second-order valence-electron chi connectivity index (χ2n) is 3.39. The summed E-state index contributed by atoms with van der Waals surface area (Å²) in [4.78, 5) is 0. The van der Waals surface area contributed by atoms with Crippen LogP contribution in [-0.4, -0.2) is 37.7 Å². The average Bonchev–Trinajstić information content (AvgIpc) is 2.01. The van der Waals surface area contributed by atoms with Crippen molar-refractivity contribution in [3.63, 3.8) is 0 Å². The molecule has 0 atom stereocenters. The molecular weight excluding hydrogens is 231 g/mol. The fraction of sp³-hybridized carbons (Fsp3) is 1.00. The van der Waals surface area contributed by atoms with Crippen LogP contribution in [0.1, 0.15) is 26.7 Å². The molecule has 0 radical (unpaired) electrons. The number of halogens is 3. The van der Waals surface area contributed by atoms with E-state index in [0.717, 1.165) is 6.26 Å². The van der Waals surface area contributed by atoms with Gasteiger partial charge in [-0.2, -0.15) is 17.5 Å². The molecule has 0 aromatic rings. The smallest absolute Gasteiger partial charge is 0.212 e. The van der Waals surface area contributed by atoms with Crippen LogP contribution in [-0.2, 0) is 10.0 Å². The summed E-state index contributed by atoms with van der Waals surface area (Å²) in [7, 11) is -3.81. The van der Waals surface area contributed by atoms with Crippen LogP contribution < -0.4 is 0 Å². The summed E-state index contributed by atoms with van der Waals surface area (Å²) in [6.45, 7) is 1.93. The molecule has 3 nitrogen and oxygen atoms in total. The molecule has 0 N–H and O–H groups in total. The summed E-state index contributed by atoms with van der Waals surface area (Å²) in [6.07, 6.45) is -2.94. The molecule has 0 unspecified atom stereocenters. The second kappa shape index (κ2) is 5.16. The maximum absolute atomic E-state index is 12.2. The quantitative estimate of drug-likeness (QED) is 0.745. The normalized spacial score (nSPS) is 13.9. The lowest BCUT2D eigenvalue weighted by Crippen LogP contribution is -2.44. The molecular formula is C8H16F3NO2S. The van der Waals surface area contributed by atoms with Crippen LogP contribution in [0.2, 0.25) is 0 Å². The predicted molar refractivity (Wildman–Crippen MR) is 52.0 cm³/mol. The SMILES string of the molecule is CCC(CC)N(CC(F)(F)F)S(C)(=O)=O. The number of sulfonamides is 1. The minimum absolute atomic E-state index is 0.375. The molecule has 0 heterocycles. The van der Waals surface area contributed by atoms with E-state index < -0.39 is 28.8 Å². The maximum Gasteiger partial charge on any atom is 0.402 e. The van der Waals surface area contributed by atoms with Gasteiger partial charge in [0.25, 0.3) is 0 Å². The van der Waals surface area contributed by atoms with Crippen LogP contribution in [0.25, 0.3) is 0 Å². The van der Waals surface area contributed by atoms with E-state index in [2.05, 4.69) is 0 Å². The molecule has 0 saturated heterocycles. The first-order valence-corrected chi connectivity index (χ1v) is 6.50. The standard InChI is InChI=1S/C8H16F3NO2S/c1-4-7(5-2)12(15(3,13)14)6-8(9,10)11/h7H,4-6H2,1-3H3. The van der Waals surface area contributed by atoms with Crippen LogP contribution >= 0.6 is 0 Å². The van der Waals surface area contributed by atoms with Crippen molar-refractivity contribution in [3.8, 4) is 0 Å². The molecule has 0 aliphatic rings. The third-order valence-electron chi connectivity index (χ3n) is 2.11. The zero-order valence-corrected chi connectivity index (χ0v) is 9.82. The van der Waals surface area contributed by atoms with E-state index in [-0.39, 0.29) is 0 Å². The van der Waals surface area contributed by atoms with Crippen molar-refractivity contribution in [2.75, 3.05) is 12.8 Å². The van der Waals surface area contributed by atoms with Crippen molar-refractivity contribution >= 4 is 10.0 Å². The van der Waals surface area contributed by atoms with Gasteiger partial charge >= 0.3 is 6.18 Å². The largest absolute Gasteiger partial charge is 0.402 e. The van der Waals surface area contributed by atoms with Gasteiger partial charge in [0.15, 0.2) is 0 Å². The third kappa shape index (κ3) is 5.36. The molecule has 7 heteroatoms. The Bertz CT molecular complexity index is 283. The predicted octanol–water partition coefficient (Wildman–Crippen LogP) is 2.00. The molecule has 0 rings (SSSR count). The molecule has 0 aromatic heterocycles. The molecule has 0 aliphatic heterocycles. The van der Waals surface area contributed by atoms with Crippen LogP contribution in [0, 0.1) is 0 Å². The molecule has 0 spiro atoms. The van der Waals surface area contributed by atoms with Gasteiger partial charge < -0.3 is 0 Å². The van der Waals surface area contributed by atoms with Crippen molar-refractivity contribution in [1.82, 2.24) is 4.31 Å². The zero-order valence-electron chi connectivity index (χ0n) is 9.00. The Kier molecular flexibility index (Phi) is 5.05. The molecule has 0 aliphatic carbocycles. The monoisotopic (exact) mass is 247 g/mol. The molecule has 0 bridgehead atoms. The first-order valence-electron chi connectivity index (χ1n) is 4.65. The highest BCUT2D eigenvalue weighted by atomic mass is 32.2. The maximum atomic E-state index is 12.2. The summed E-state index contributed by atoms with van der Waals surface area (Å²) >= 11 is 0. The van der Waals surface area contributed by atoms with Gasteiger partial charge in [0.1, 0.15) is 6.54 Å². The average molecular weight is 247 g/mol. The Hall–Kier alpha value is -0.300. The number of rotatable bonds is 5. The molecule has 0 aromatic carbocycles. The number of nitrogens with zero attached hydrogens (tertiary/aromatic N) is 1. The first kappa shape index (κ1) is 14.7. The van der Waals surface area contributed by atoms with Crippen molar-refractivity contribution in [2.45, 2.75) is 38.9 Å². The van der Waals surface area contributed by atoms with E-state index in [9.17, 15) is 21.6 Å². The first-order chi connectivity index (χ1) is 6.61. The Labute approximate surface area is 88.3 Å². The molecule has 0 fully saturated rings. The Morgan fingerprint density at radius 1 is 1.20 bits per heavy atom. The van der Waals surface area contributed by atoms with Gasteiger partial charge in [0.05, 0.1) is 6.26 Å². The van der Waals surface area contributed by atoms with E-state index >= 15 is 0 Å². The van der Waals surface area contributed by atoms with Gasteiger partial charge in [0, 0.05) is 6.04 Å². The van der Waals surface area contributed by atoms with Crippen LogP contribution in [0.4, 0.5) is 13.2 Å². The van der Waals surface area contributed by atoms with Crippen LogP contribution in [0.3, 0.4) is 0 Å². The minimum Gasteiger partial charge on any atom is -0.212 e. The lowest BCUT2D eigenvalue weighted by atomic mass is 10.2.